The van der Waals surface area contributed by atoms with Crippen LogP contribution in [0.1, 0.15) is 0 Å². The molecule has 0 amide bonds. The third-order valence-corrected chi connectivity index (χ3v) is 13.2. The van der Waals surface area contributed by atoms with Gasteiger partial charge >= 0.3 is 0 Å². The molecule has 0 aliphatic rings. The lowest BCUT2D eigenvalue weighted by atomic mass is 9.97. The van der Waals surface area contributed by atoms with E-state index in [0.717, 1.165) is 38.9 Å². The molecule has 3 heterocycles. The van der Waals surface area contributed by atoms with E-state index < -0.39 is 0 Å². The van der Waals surface area contributed by atoms with Gasteiger partial charge in [0.15, 0.2) is 11.6 Å². The number of para-hydroxylation sites is 1. The summed E-state index contributed by atoms with van der Waals surface area (Å²) in [4.78, 5) is 17.6. The highest BCUT2D eigenvalue weighted by Crippen LogP contribution is 2.43. The van der Waals surface area contributed by atoms with Crippen molar-refractivity contribution in [1.29, 1.82) is 0 Å². The van der Waals surface area contributed by atoms with Gasteiger partial charge in [-0.2, -0.15) is 9.97 Å². The van der Waals surface area contributed by atoms with Gasteiger partial charge in [0.05, 0.1) is 5.52 Å². The molecule has 61 heavy (non-hydrogen) atoms. The van der Waals surface area contributed by atoms with Crippen LogP contribution in [0.5, 0.6) is 0 Å². The van der Waals surface area contributed by atoms with Gasteiger partial charge in [-0.3, -0.25) is 0 Å². The Labute approximate surface area is 360 Å². The average Bonchev–Trinajstić information content (AvgIpc) is 3.88. The molecule has 0 radical (unpaired) electrons. The molecule has 0 atom stereocenters. The zero-order chi connectivity index (χ0) is 40.4. The number of nitrogens with one attached hydrogen (secondary N) is 1. The maximum Gasteiger partial charge on any atom is 0.226 e. The largest absolute Gasteiger partial charge is 0.354 e. The van der Waals surface area contributed by atoms with Gasteiger partial charge in [0, 0.05) is 53.2 Å². The lowest BCUT2D eigenvalue weighted by Crippen LogP contribution is -1.97. The van der Waals surface area contributed by atoms with E-state index in [2.05, 4.69) is 179 Å². The van der Waals surface area contributed by atoms with Gasteiger partial charge < -0.3 is 4.98 Å². The number of hydrogen-bond acceptors (Lipinski definition) is 4. The summed E-state index contributed by atoms with van der Waals surface area (Å²) in [5, 5.41) is 7.71. The van der Waals surface area contributed by atoms with E-state index in [9.17, 15) is 0 Å². The molecule has 4 nitrogen and oxygen atoms in total. The van der Waals surface area contributed by atoms with Gasteiger partial charge in [-0.1, -0.05) is 170 Å². The normalized spacial score (nSPS) is 11.7. The van der Waals surface area contributed by atoms with Crippen molar-refractivity contribution in [1.82, 2.24) is 19.9 Å². The SMILES string of the molecule is Clc1nc(-c2ccc(-c3ccccc3)cc2)nc(-c2ccc(-c3cccc(-c4cccc5c4sc4cc(-c6cccc7c6[nH]c6cc8ccccc8cc67)ccc45)c3)cc2)n1. The molecular weight excluding hydrogens is 784 g/mol. The highest BCUT2D eigenvalue weighted by atomic mass is 35.5. The van der Waals surface area contributed by atoms with Crippen molar-refractivity contribution in [2.45, 2.75) is 0 Å². The third-order valence-electron chi connectivity index (χ3n) is 11.8. The second-order valence-corrected chi connectivity index (χ2v) is 16.8. The lowest BCUT2D eigenvalue weighted by molar-refractivity contribution is 1.07. The minimum absolute atomic E-state index is 0.163. The maximum atomic E-state index is 6.47. The molecule has 12 aromatic rings. The Morgan fingerprint density at radius 1 is 0.377 bits per heavy atom. The van der Waals surface area contributed by atoms with Gasteiger partial charge in [-0.25, -0.2) is 4.98 Å². The number of fused-ring (bicyclic) bond motifs is 7. The standard InChI is InChI=1S/C55H33ClN4S/c56-55-59-53(36-23-19-34(20-24-36)33-9-2-1-3-10-33)58-54(60-55)37-25-21-35(22-26-37)38-13-6-14-41(29-38)44-16-8-18-47-45-28-27-42(32-50(45)61-52(44)47)43-15-7-17-46-48-30-39-11-4-5-12-40(39)31-49(48)57-51(43)46/h1-32,57H. The number of thiophene rings is 1. The van der Waals surface area contributed by atoms with Gasteiger partial charge in [0.1, 0.15) is 0 Å². The highest BCUT2D eigenvalue weighted by molar-refractivity contribution is 7.26. The van der Waals surface area contributed by atoms with E-state index in [4.69, 9.17) is 16.6 Å². The first kappa shape index (κ1) is 35.5. The number of H-pyrrole nitrogens is 1. The number of aromatic nitrogens is 4. The van der Waals surface area contributed by atoms with Crippen LogP contribution in [0.2, 0.25) is 5.28 Å². The van der Waals surface area contributed by atoms with Crippen LogP contribution in [0.3, 0.4) is 0 Å². The van der Waals surface area contributed by atoms with Crippen LogP contribution in [0.25, 0.3) is 120 Å². The molecule has 1 N–H and O–H groups in total. The zero-order valence-corrected chi connectivity index (χ0v) is 34.2. The van der Waals surface area contributed by atoms with Crippen LogP contribution in [0, 0.1) is 0 Å². The van der Waals surface area contributed by atoms with E-state index in [1.165, 1.54) is 69.5 Å². The van der Waals surface area contributed by atoms with Crippen LogP contribution >= 0.6 is 22.9 Å². The molecule has 0 bridgehead atoms. The summed E-state index contributed by atoms with van der Waals surface area (Å²) in [6.45, 7) is 0. The molecule has 0 spiro atoms. The summed E-state index contributed by atoms with van der Waals surface area (Å²) in [5.41, 5.74) is 13.4. The fraction of sp³-hybridized carbons (Fsp3) is 0. The molecule has 9 aromatic carbocycles. The van der Waals surface area contributed by atoms with Gasteiger partial charge in [-0.15, -0.1) is 11.3 Å². The zero-order valence-electron chi connectivity index (χ0n) is 32.6. The van der Waals surface area contributed by atoms with E-state index in [1.54, 1.807) is 0 Å². The van der Waals surface area contributed by atoms with Gasteiger partial charge in [-0.05, 0) is 85.6 Å². The summed E-state index contributed by atoms with van der Waals surface area (Å²) in [7, 11) is 0. The lowest BCUT2D eigenvalue weighted by Gasteiger charge is -2.09. The number of rotatable bonds is 6. The summed E-state index contributed by atoms with van der Waals surface area (Å²) in [5.74, 6) is 1.08. The fourth-order valence-corrected chi connectivity index (χ4v) is 10.2. The van der Waals surface area contributed by atoms with Crippen molar-refractivity contribution in [2.75, 3.05) is 0 Å². The van der Waals surface area contributed by atoms with Crippen molar-refractivity contribution in [3.63, 3.8) is 0 Å². The summed E-state index contributed by atoms with van der Waals surface area (Å²) < 4.78 is 2.56. The molecule has 0 saturated carbocycles. The summed E-state index contributed by atoms with van der Waals surface area (Å²) in [6.07, 6.45) is 0. The molecule has 286 valence electrons. The van der Waals surface area contributed by atoms with E-state index in [0.29, 0.717) is 11.6 Å². The van der Waals surface area contributed by atoms with Crippen molar-refractivity contribution in [3.05, 3.63) is 199 Å². The molecule has 6 heteroatoms. The molecule has 0 unspecified atom stereocenters. The van der Waals surface area contributed by atoms with Crippen molar-refractivity contribution in [3.8, 4) is 67.3 Å². The first-order valence-electron chi connectivity index (χ1n) is 20.3. The molecule has 0 fully saturated rings. The third kappa shape index (κ3) is 6.26. The Hall–Kier alpha value is -7.44. The van der Waals surface area contributed by atoms with Crippen LogP contribution < -0.4 is 0 Å². The first-order chi connectivity index (χ1) is 30.1. The predicted octanol–water partition coefficient (Wildman–Crippen LogP) is 15.7. The summed E-state index contributed by atoms with van der Waals surface area (Å²) in [6, 6.07) is 69.1. The van der Waals surface area contributed by atoms with E-state index >= 15 is 0 Å². The van der Waals surface area contributed by atoms with Crippen LogP contribution in [0.4, 0.5) is 0 Å². The molecule has 0 aliphatic heterocycles. The second-order valence-electron chi connectivity index (χ2n) is 15.4. The smallest absolute Gasteiger partial charge is 0.226 e. The topological polar surface area (TPSA) is 54.5 Å². The quantitative estimate of drug-likeness (QED) is 0.182. The first-order valence-corrected chi connectivity index (χ1v) is 21.5. The molecule has 0 aliphatic carbocycles. The van der Waals surface area contributed by atoms with Gasteiger partial charge in [0.25, 0.3) is 0 Å². The number of halogens is 1. The molecule has 3 aromatic heterocycles. The minimum atomic E-state index is 0.163. The number of aromatic amines is 1. The average molecular weight is 817 g/mol. The monoisotopic (exact) mass is 816 g/mol. The van der Waals surface area contributed by atoms with E-state index in [-0.39, 0.29) is 5.28 Å². The molecule has 0 saturated heterocycles. The predicted molar refractivity (Wildman–Crippen MR) is 257 cm³/mol. The molecule has 12 rings (SSSR count). The van der Waals surface area contributed by atoms with Crippen molar-refractivity contribution in [2.24, 2.45) is 0 Å². The fourth-order valence-electron chi connectivity index (χ4n) is 8.78. The minimum Gasteiger partial charge on any atom is -0.354 e. The Balaban J connectivity index is 0.854. The Bertz CT molecular complexity index is 3650. The van der Waals surface area contributed by atoms with E-state index in [1.807, 2.05) is 41.7 Å². The number of benzene rings is 9. The second kappa shape index (κ2) is 14.4. The molecular formula is C55H33ClN4S. The Morgan fingerprint density at radius 2 is 0.934 bits per heavy atom. The number of hydrogen-bond donors (Lipinski definition) is 1. The number of nitrogens with zero attached hydrogens (tertiary/aromatic N) is 3. The highest BCUT2D eigenvalue weighted by Gasteiger charge is 2.16. The van der Waals surface area contributed by atoms with Crippen LogP contribution in [-0.2, 0) is 0 Å². The van der Waals surface area contributed by atoms with Gasteiger partial charge in [0.2, 0.25) is 5.28 Å². The van der Waals surface area contributed by atoms with Crippen LogP contribution in [-0.4, -0.2) is 19.9 Å². The van der Waals surface area contributed by atoms with Crippen molar-refractivity contribution >= 4 is 75.7 Å². The van der Waals surface area contributed by atoms with Crippen LogP contribution in [0.15, 0.2) is 194 Å². The maximum absolute atomic E-state index is 6.47. The summed E-state index contributed by atoms with van der Waals surface area (Å²) >= 11 is 8.34. The Kier molecular flexibility index (Phi) is 8.37. The van der Waals surface area contributed by atoms with Crippen molar-refractivity contribution < 1.29 is 0 Å². The Morgan fingerprint density at radius 3 is 1.69 bits per heavy atom.